The monoisotopic (exact) mass is 455 g/mol. The minimum absolute atomic E-state index is 0.624. The number of benzene rings is 2. The van der Waals surface area contributed by atoms with Crippen molar-refractivity contribution in [1.29, 1.82) is 0 Å². The third-order valence-electron chi connectivity index (χ3n) is 6.58. The highest BCUT2D eigenvalue weighted by Gasteiger charge is 2.48. The molecule has 4 rings (SSSR count). The van der Waals surface area contributed by atoms with E-state index in [-0.39, 0.29) is 0 Å². The van der Waals surface area contributed by atoms with Crippen LogP contribution in [0.25, 0.3) is 11.4 Å². The van der Waals surface area contributed by atoms with E-state index in [0.717, 1.165) is 45.6 Å². The Balaban J connectivity index is 2.12. The first-order chi connectivity index (χ1) is 16.2. The van der Waals surface area contributed by atoms with Crippen molar-refractivity contribution in [2.45, 2.75) is 60.2 Å². The van der Waals surface area contributed by atoms with Crippen molar-refractivity contribution in [1.82, 2.24) is 4.57 Å². The Morgan fingerprint density at radius 3 is 2.09 bits per heavy atom. The molecular weight excluding hydrogens is 420 g/mol. The van der Waals surface area contributed by atoms with Crippen LogP contribution in [0, 0.1) is 41.5 Å². The minimum atomic E-state index is -1.69. The van der Waals surface area contributed by atoms with Gasteiger partial charge in [0, 0.05) is 5.57 Å². The first-order valence-electron chi connectivity index (χ1n) is 11.8. The number of ether oxygens (including phenoxy) is 1. The van der Waals surface area contributed by atoms with Gasteiger partial charge in [-0.3, -0.25) is 0 Å². The highest BCUT2D eigenvalue weighted by atomic mass is 16.6. The van der Waals surface area contributed by atoms with Crippen LogP contribution in [0.2, 0.25) is 0 Å². The van der Waals surface area contributed by atoms with E-state index in [2.05, 4.69) is 87.6 Å². The average molecular weight is 456 g/mol. The van der Waals surface area contributed by atoms with Crippen LogP contribution >= 0.6 is 0 Å². The molecule has 0 bridgehead atoms. The maximum absolute atomic E-state index is 12.3. The van der Waals surface area contributed by atoms with Crippen LogP contribution in [0.15, 0.2) is 73.3 Å². The molecule has 1 aromatic heterocycles. The molecule has 1 aliphatic carbocycles. The third-order valence-corrected chi connectivity index (χ3v) is 6.58. The number of nitrogens with zero attached hydrogens (tertiary/aromatic N) is 2. The van der Waals surface area contributed by atoms with Crippen LogP contribution in [0.3, 0.4) is 0 Å². The van der Waals surface area contributed by atoms with Gasteiger partial charge in [-0.2, -0.15) is 9.13 Å². The largest absolute Gasteiger partial charge is 0.456 e. The van der Waals surface area contributed by atoms with Gasteiger partial charge >= 0.3 is 11.6 Å². The lowest BCUT2D eigenvalue weighted by Crippen LogP contribution is -2.47. The summed E-state index contributed by atoms with van der Waals surface area (Å²) in [4.78, 5) is 0. The summed E-state index contributed by atoms with van der Waals surface area (Å²) in [5, 5.41) is 12.3. The van der Waals surface area contributed by atoms with E-state index >= 15 is 0 Å². The van der Waals surface area contributed by atoms with Gasteiger partial charge in [0.05, 0.1) is 6.26 Å². The number of aromatic nitrogens is 2. The molecule has 1 unspecified atom stereocenters. The SMILES string of the molecule is C=COC(O)(C1=CC=CCC1)c1n(-c2c(C)cc(C)cc2C)cc[n+]1-c1c(C)cc(C)cc1C. The van der Waals surface area contributed by atoms with E-state index in [4.69, 9.17) is 4.74 Å². The first kappa shape index (κ1) is 23.8. The fraction of sp³-hybridized carbons (Fsp3) is 0.300. The zero-order valence-corrected chi connectivity index (χ0v) is 21.1. The average Bonchev–Trinajstić information content (AvgIpc) is 3.17. The lowest BCUT2D eigenvalue weighted by molar-refractivity contribution is -0.618. The number of aliphatic hydroxyl groups is 1. The number of imidazole rings is 1. The van der Waals surface area contributed by atoms with Gasteiger partial charge in [-0.25, -0.2) is 0 Å². The molecule has 4 nitrogen and oxygen atoms in total. The Labute approximate surface area is 203 Å². The standard InChI is InChI=1S/C30H35N2O2/c1-8-34-30(33,26-12-10-9-11-13-26)29-31(27-22(4)16-20(2)17-23(27)5)14-15-32(29)28-24(6)18-21(3)19-25(28)7/h8-10,12,14-19,33H,1,11,13H2,2-7H3/q+1. The topological polar surface area (TPSA) is 38.3 Å². The van der Waals surface area contributed by atoms with Gasteiger partial charge in [0.25, 0.3) is 0 Å². The van der Waals surface area contributed by atoms with Crippen molar-refractivity contribution in [2.24, 2.45) is 0 Å². The summed E-state index contributed by atoms with van der Waals surface area (Å²) in [6, 6.07) is 8.70. The third kappa shape index (κ3) is 4.03. The Morgan fingerprint density at radius 2 is 1.56 bits per heavy atom. The van der Waals surface area contributed by atoms with Gasteiger partial charge < -0.3 is 9.84 Å². The summed E-state index contributed by atoms with van der Waals surface area (Å²) in [5.74, 6) is -1.07. The molecule has 0 fully saturated rings. The van der Waals surface area contributed by atoms with E-state index in [9.17, 15) is 5.11 Å². The molecule has 3 aromatic rings. The van der Waals surface area contributed by atoms with Gasteiger partial charge in [-0.1, -0.05) is 60.2 Å². The smallest absolute Gasteiger partial charge is 0.345 e. The summed E-state index contributed by atoms with van der Waals surface area (Å²) in [5.41, 5.74) is 9.85. The Morgan fingerprint density at radius 1 is 0.971 bits per heavy atom. The summed E-state index contributed by atoms with van der Waals surface area (Å²) < 4.78 is 10.2. The van der Waals surface area contributed by atoms with Gasteiger partial charge in [-0.05, 0) is 76.6 Å². The molecular formula is C30H35N2O2+. The second-order valence-electron chi connectivity index (χ2n) is 9.44. The number of aryl methyl sites for hydroxylation is 6. The van der Waals surface area contributed by atoms with Crippen LogP contribution in [0.1, 0.15) is 52.0 Å². The van der Waals surface area contributed by atoms with Gasteiger partial charge in [0.1, 0.15) is 23.8 Å². The molecule has 0 spiro atoms. The summed E-state index contributed by atoms with van der Waals surface area (Å²) >= 11 is 0. The molecule has 34 heavy (non-hydrogen) atoms. The van der Waals surface area contributed by atoms with Gasteiger partial charge in [0.15, 0.2) is 0 Å². The molecule has 1 aliphatic rings. The van der Waals surface area contributed by atoms with Crippen molar-refractivity contribution in [3.63, 3.8) is 0 Å². The van der Waals surface area contributed by atoms with E-state index in [1.54, 1.807) is 0 Å². The van der Waals surface area contributed by atoms with Crippen LogP contribution < -0.4 is 4.57 Å². The van der Waals surface area contributed by atoms with Crippen LogP contribution in [-0.2, 0) is 10.5 Å². The van der Waals surface area contributed by atoms with Crippen molar-refractivity contribution in [3.8, 4) is 11.4 Å². The molecule has 1 heterocycles. The zero-order chi connectivity index (χ0) is 24.6. The second-order valence-corrected chi connectivity index (χ2v) is 9.44. The first-order valence-corrected chi connectivity index (χ1v) is 11.8. The van der Waals surface area contributed by atoms with Crippen LogP contribution in [-0.4, -0.2) is 9.67 Å². The number of hydrogen-bond donors (Lipinski definition) is 1. The quantitative estimate of drug-likeness (QED) is 0.274. The van der Waals surface area contributed by atoms with E-state index < -0.39 is 5.79 Å². The summed E-state index contributed by atoms with van der Waals surface area (Å²) in [7, 11) is 0. The van der Waals surface area contributed by atoms with Crippen molar-refractivity contribution in [3.05, 3.63) is 113 Å². The van der Waals surface area contributed by atoms with Crippen LogP contribution in [0.5, 0.6) is 0 Å². The maximum atomic E-state index is 12.3. The fourth-order valence-electron chi connectivity index (χ4n) is 5.46. The number of hydrogen-bond acceptors (Lipinski definition) is 2. The molecule has 4 heteroatoms. The Kier molecular flexibility index (Phi) is 6.37. The Hall–Kier alpha value is -3.37. The second kappa shape index (κ2) is 9.11. The number of allylic oxidation sites excluding steroid dienone is 3. The lowest BCUT2D eigenvalue weighted by atomic mass is 9.95. The molecule has 2 aromatic carbocycles. The highest BCUT2D eigenvalue weighted by molar-refractivity contribution is 5.51. The van der Waals surface area contributed by atoms with Gasteiger partial charge in [0.2, 0.25) is 0 Å². The fourth-order valence-corrected chi connectivity index (χ4v) is 5.46. The van der Waals surface area contributed by atoms with E-state index in [1.807, 2.05) is 24.5 Å². The normalized spacial score (nSPS) is 15.1. The predicted molar refractivity (Wildman–Crippen MR) is 137 cm³/mol. The van der Waals surface area contributed by atoms with Crippen molar-refractivity contribution >= 4 is 0 Å². The highest BCUT2D eigenvalue weighted by Crippen LogP contribution is 2.37. The van der Waals surface area contributed by atoms with Crippen molar-refractivity contribution < 1.29 is 14.4 Å². The Bertz CT molecular complexity index is 1200. The predicted octanol–water partition coefficient (Wildman–Crippen LogP) is 6.19. The van der Waals surface area contributed by atoms with Crippen LogP contribution in [0.4, 0.5) is 0 Å². The molecule has 0 radical (unpaired) electrons. The number of rotatable bonds is 6. The van der Waals surface area contributed by atoms with E-state index in [0.29, 0.717) is 12.2 Å². The molecule has 176 valence electrons. The summed E-state index contributed by atoms with van der Waals surface area (Å²) in [6.07, 6.45) is 13.0. The molecule has 0 amide bonds. The van der Waals surface area contributed by atoms with Gasteiger partial charge in [-0.15, -0.1) is 0 Å². The minimum Gasteiger partial charge on any atom is -0.456 e. The molecule has 1 N–H and O–H groups in total. The summed E-state index contributed by atoms with van der Waals surface area (Å²) in [6.45, 7) is 16.5. The molecule has 0 saturated heterocycles. The lowest BCUT2D eigenvalue weighted by Gasteiger charge is -2.29. The molecule has 0 saturated carbocycles. The maximum Gasteiger partial charge on any atom is 0.345 e. The van der Waals surface area contributed by atoms with Crippen molar-refractivity contribution in [2.75, 3.05) is 0 Å². The molecule has 1 atom stereocenters. The zero-order valence-electron chi connectivity index (χ0n) is 21.1. The van der Waals surface area contributed by atoms with E-state index in [1.165, 1.54) is 17.4 Å². The molecule has 0 aliphatic heterocycles.